The molecule has 0 radical (unpaired) electrons. The third-order valence-electron chi connectivity index (χ3n) is 6.38. The van der Waals surface area contributed by atoms with Crippen LogP contribution in [0.25, 0.3) is 10.9 Å². The number of carbonyl (C=O) groups excluding carboxylic acids is 2. The molecule has 8 nitrogen and oxygen atoms in total. The molecule has 0 unspecified atom stereocenters. The zero-order chi connectivity index (χ0) is 22.8. The van der Waals surface area contributed by atoms with Crippen LogP contribution in [-0.4, -0.2) is 55.5 Å². The molecule has 0 fully saturated rings. The number of nitrogens with zero attached hydrogens (tertiary/aromatic N) is 3. The number of benzene rings is 1. The molecular formula is C24H27N3O5. The lowest BCUT2D eigenvalue weighted by Gasteiger charge is -2.45. The highest BCUT2D eigenvalue weighted by molar-refractivity contribution is 5.91. The van der Waals surface area contributed by atoms with Gasteiger partial charge in [0.2, 0.25) is 0 Å². The van der Waals surface area contributed by atoms with Gasteiger partial charge in [-0.15, -0.1) is 0 Å². The summed E-state index contributed by atoms with van der Waals surface area (Å²) in [4.78, 5) is 31.9. The van der Waals surface area contributed by atoms with Gasteiger partial charge >= 0.3 is 11.9 Å². The summed E-state index contributed by atoms with van der Waals surface area (Å²) in [5, 5.41) is 5.02. The predicted octanol–water partition coefficient (Wildman–Crippen LogP) is 3.06. The molecule has 3 atom stereocenters. The number of rotatable bonds is 6. The highest BCUT2D eigenvalue weighted by Crippen LogP contribution is 2.53. The minimum Gasteiger partial charge on any atom is -0.468 e. The van der Waals surface area contributed by atoms with Crippen molar-refractivity contribution in [1.82, 2.24) is 9.47 Å². The molecule has 8 heteroatoms. The van der Waals surface area contributed by atoms with E-state index in [1.165, 1.54) is 27.4 Å². The minimum absolute atomic E-state index is 0.0422. The van der Waals surface area contributed by atoms with Gasteiger partial charge in [0.25, 0.3) is 0 Å². The first kappa shape index (κ1) is 21.7. The smallest absolute Gasteiger partial charge is 0.330 e. The van der Waals surface area contributed by atoms with Gasteiger partial charge in [-0.1, -0.05) is 29.4 Å². The van der Waals surface area contributed by atoms with E-state index in [2.05, 4.69) is 26.8 Å². The topological polar surface area (TPSA) is 82.4 Å². The Morgan fingerprint density at radius 2 is 1.97 bits per heavy atom. The van der Waals surface area contributed by atoms with E-state index in [9.17, 15) is 9.59 Å². The molecule has 168 valence electrons. The van der Waals surface area contributed by atoms with Crippen LogP contribution in [0.1, 0.15) is 29.6 Å². The maximum absolute atomic E-state index is 13.1. The van der Waals surface area contributed by atoms with E-state index in [0.29, 0.717) is 13.0 Å². The number of aromatic nitrogens is 1. The Morgan fingerprint density at radius 3 is 2.69 bits per heavy atom. The molecule has 32 heavy (non-hydrogen) atoms. The Morgan fingerprint density at radius 1 is 1.19 bits per heavy atom. The highest BCUT2D eigenvalue weighted by atomic mass is 16.6. The summed E-state index contributed by atoms with van der Waals surface area (Å²) in [6.45, 7) is 0.520. The summed E-state index contributed by atoms with van der Waals surface area (Å²) in [6, 6.07) is 8.22. The van der Waals surface area contributed by atoms with Crippen LogP contribution in [0.15, 0.2) is 53.3 Å². The molecule has 1 aliphatic carbocycles. The van der Waals surface area contributed by atoms with Crippen molar-refractivity contribution >= 4 is 29.1 Å². The predicted molar refractivity (Wildman–Crippen MR) is 120 cm³/mol. The van der Waals surface area contributed by atoms with Crippen LogP contribution in [0, 0.1) is 5.92 Å². The van der Waals surface area contributed by atoms with Gasteiger partial charge in [0.1, 0.15) is 13.0 Å². The molecule has 0 amide bonds. The van der Waals surface area contributed by atoms with Crippen molar-refractivity contribution in [2.24, 2.45) is 18.1 Å². The van der Waals surface area contributed by atoms with Crippen molar-refractivity contribution in [3.8, 4) is 0 Å². The fourth-order valence-corrected chi connectivity index (χ4v) is 5.04. The molecule has 2 bridgehead atoms. The van der Waals surface area contributed by atoms with E-state index in [-0.39, 0.29) is 17.9 Å². The summed E-state index contributed by atoms with van der Waals surface area (Å²) in [6.07, 6.45) is 7.53. The van der Waals surface area contributed by atoms with Gasteiger partial charge in [-0.05, 0) is 18.1 Å². The first-order valence-electron chi connectivity index (χ1n) is 10.4. The van der Waals surface area contributed by atoms with Crippen molar-refractivity contribution < 1.29 is 23.9 Å². The van der Waals surface area contributed by atoms with Crippen LogP contribution >= 0.6 is 0 Å². The highest BCUT2D eigenvalue weighted by Gasteiger charge is 2.47. The second-order valence-electron chi connectivity index (χ2n) is 7.89. The van der Waals surface area contributed by atoms with Crippen molar-refractivity contribution in [2.45, 2.75) is 18.4 Å². The molecule has 2 aromatic rings. The van der Waals surface area contributed by atoms with Crippen LogP contribution < -0.4 is 0 Å². The molecule has 1 aromatic carbocycles. The lowest BCUT2D eigenvalue weighted by atomic mass is 9.69. The number of carbonyl (C=O) groups is 2. The van der Waals surface area contributed by atoms with E-state index < -0.39 is 11.9 Å². The van der Waals surface area contributed by atoms with Crippen LogP contribution in [0.5, 0.6) is 0 Å². The van der Waals surface area contributed by atoms with Crippen molar-refractivity contribution in [2.75, 3.05) is 27.9 Å². The fraction of sp³-hybridized carbons (Fsp3) is 0.375. The third-order valence-corrected chi connectivity index (χ3v) is 6.38. The van der Waals surface area contributed by atoms with Gasteiger partial charge in [0, 0.05) is 47.4 Å². The number of allylic oxidation sites excluding steroid dienone is 2. The molecule has 2 heterocycles. The average Bonchev–Trinajstić information content (AvgIpc) is 3.11. The SMILES string of the molecule is CO/N=C\CN1C=C(/C=C/C(=O)OC)[C@@H]2C[C@H]1c1c(n(C)c3ccccc13)[C@H]2C(=O)OC. The van der Waals surface area contributed by atoms with Crippen LogP contribution in [0.3, 0.4) is 0 Å². The van der Waals surface area contributed by atoms with E-state index in [0.717, 1.165) is 27.7 Å². The maximum atomic E-state index is 13.1. The number of oxime groups is 1. The Labute approximate surface area is 186 Å². The van der Waals surface area contributed by atoms with Gasteiger partial charge in [-0.25, -0.2) is 4.79 Å². The number of hydrogen-bond acceptors (Lipinski definition) is 7. The van der Waals surface area contributed by atoms with Crippen LogP contribution in [0.4, 0.5) is 0 Å². The standard InChI is InChI=1S/C24H27N3O5/c1-26-18-8-6-5-7-16(18)21-19-13-17(22(23(21)26)24(29)31-3)15(9-10-20(28)30-2)14-27(19)12-11-25-32-4/h5-11,14,17,19,22H,12-13H2,1-4H3/b10-9+,25-11-/t17-,19-,22-/m0/s1. The van der Waals surface area contributed by atoms with E-state index in [4.69, 9.17) is 14.3 Å². The first-order chi connectivity index (χ1) is 15.5. The number of para-hydroxylation sites is 1. The Bertz CT molecular complexity index is 1130. The zero-order valence-corrected chi connectivity index (χ0v) is 18.6. The molecule has 1 aromatic heterocycles. The molecule has 4 rings (SSSR count). The quantitative estimate of drug-likeness (QED) is 0.299. The Kier molecular flexibility index (Phi) is 6.03. The number of aryl methyl sites for hydroxylation is 1. The molecule has 2 aliphatic rings. The van der Waals surface area contributed by atoms with Gasteiger partial charge in [-0.2, -0.15) is 0 Å². The Hall–Kier alpha value is -3.55. The fourth-order valence-electron chi connectivity index (χ4n) is 5.04. The normalized spacial score (nSPS) is 22.2. The van der Waals surface area contributed by atoms with Crippen molar-refractivity contribution in [3.63, 3.8) is 0 Å². The number of fused-ring (bicyclic) bond motifs is 6. The number of hydrogen-bond donors (Lipinski definition) is 0. The molecule has 0 saturated carbocycles. The lowest BCUT2D eigenvalue weighted by Crippen LogP contribution is -2.41. The van der Waals surface area contributed by atoms with Gasteiger partial charge in [0.15, 0.2) is 0 Å². The van der Waals surface area contributed by atoms with Gasteiger partial charge in [0.05, 0.1) is 33.0 Å². The molecule has 0 N–H and O–H groups in total. The number of methoxy groups -OCH3 is 2. The minimum atomic E-state index is -0.480. The maximum Gasteiger partial charge on any atom is 0.330 e. The summed E-state index contributed by atoms with van der Waals surface area (Å²) >= 11 is 0. The average molecular weight is 437 g/mol. The molecule has 0 spiro atoms. The summed E-state index contributed by atoms with van der Waals surface area (Å²) in [5.41, 5.74) is 4.01. The lowest BCUT2D eigenvalue weighted by molar-refractivity contribution is -0.144. The second-order valence-corrected chi connectivity index (χ2v) is 7.89. The number of esters is 2. The van der Waals surface area contributed by atoms with Gasteiger partial charge < -0.3 is 23.8 Å². The van der Waals surface area contributed by atoms with E-state index in [1.54, 1.807) is 12.3 Å². The van der Waals surface area contributed by atoms with Crippen molar-refractivity contribution in [1.29, 1.82) is 0 Å². The van der Waals surface area contributed by atoms with E-state index >= 15 is 0 Å². The van der Waals surface area contributed by atoms with Crippen molar-refractivity contribution in [3.05, 3.63) is 59.4 Å². The monoisotopic (exact) mass is 437 g/mol. The molecular weight excluding hydrogens is 410 g/mol. The zero-order valence-electron chi connectivity index (χ0n) is 18.6. The number of ether oxygens (including phenoxy) is 2. The largest absolute Gasteiger partial charge is 0.468 e. The summed E-state index contributed by atoms with van der Waals surface area (Å²) in [7, 11) is 6.25. The molecule has 0 saturated heterocycles. The first-order valence-corrected chi connectivity index (χ1v) is 10.4. The third kappa shape index (κ3) is 3.55. The van der Waals surface area contributed by atoms with E-state index in [1.807, 2.05) is 25.4 Å². The molecule has 1 aliphatic heterocycles. The van der Waals surface area contributed by atoms with Crippen LogP contribution in [0.2, 0.25) is 0 Å². The van der Waals surface area contributed by atoms with Crippen LogP contribution in [-0.2, 0) is 30.9 Å². The Balaban J connectivity index is 1.92. The summed E-state index contributed by atoms with van der Waals surface area (Å²) in [5.74, 6) is -1.35. The van der Waals surface area contributed by atoms with Gasteiger partial charge in [-0.3, -0.25) is 4.79 Å². The summed E-state index contributed by atoms with van der Waals surface area (Å²) < 4.78 is 12.1. The second kappa shape index (κ2) is 8.90.